The summed E-state index contributed by atoms with van der Waals surface area (Å²) >= 11 is 5.91. The van der Waals surface area contributed by atoms with Crippen molar-refractivity contribution in [2.45, 2.75) is 12.6 Å². The number of hydrogen-bond donors (Lipinski definition) is 1. The third-order valence-corrected chi connectivity index (χ3v) is 4.80. The van der Waals surface area contributed by atoms with Gasteiger partial charge in [0.15, 0.2) is 5.69 Å². The molecule has 0 unspecified atom stereocenters. The summed E-state index contributed by atoms with van der Waals surface area (Å²) in [5, 5.41) is 11.6. The highest BCUT2D eigenvalue weighted by Gasteiger charge is 2.20. The molecule has 0 bridgehead atoms. The van der Waals surface area contributed by atoms with Gasteiger partial charge in [0.05, 0.1) is 18.8 Å². The molecule has 2 aromatic heterocycles. The van der Waals surface area contributed by atoms with Gasteiger partial charge in [-0.05, 0) is 53.1 Å². The van der Waals surface area contributed by atoms with E-state index in [0.29, 0.717) is 11.6 Å². The molecular weight excluding hydrogens is 405 g/mol. The van der Waals surface area contributed by atoms with Gasteiger partial charge < -0.3 is 5.32 Å². The van der Waals surface area contributed by atoms with E-state index in [-0.39, 0.29) is 17.4 Å². The fraction of sp³-hybridized carbons (Fsp3) is 0.0909. The average molecular weight is 422 g/mol. The summed E-state index contributed by atoms with van der Waals surface area (Å²) in [6.07, 6.45) is 4.86. The van der Waals surface area contributed by atoms with Crippen molar-refractivity contribution in [2.24, 2.45) is 0 Å². The van der Waals surface area contributed by atoms with Gasteiger partial charge in [0.25, 0.3) is 5.91 Å². The SMILES string of the molecule is O=C(N[C@@H](c1ccncc1)c1ccc(F)cc1)c1cn(Cc2ccc(Cl)cc2)nn1. The van der Waals surface area contributed by atoms with E-state index in [1.54, 1.807) is 59.7 Å². The van der Waals surface area contributed by atoms with Crippen LogP contribution in [-0.4, -0.2) is 25.9 Å². The number of benzene rings is 2. The monoisotopic (exact) mass is 421 g/mol. The van der Waals surface area contributed by atoms with Crippen molar-refractivity contribution in [2.75, 3.05) is 0 Å². The van der Waals surface area contributed by atoms with Crippen molar-refractivity contribution in [3.63, 3.8) is 0 Å². The van der Waals surface area contributed by atoms with Crippen molar-refractivity contribution in [3.8, 4) is 0 Å². The molecule has 6 nitrogen and oxygen atoms in total. The molecule has 1 amide bonds. The number of nitrogens with one attached hydrogen (secondary N) is 1. The van der Waals surface area contributed by atoms with Crippen LogP contribution in [0.1, 0.15) is 33.2 Å². The van der Waals surface area contributed by atoms with Crippen molar-refractivity contribution >= 4 is 17.5 Å². The van der Waals surface area contributed by atoms with Crippen molar-refractivity contribution in [1.82, 2.24) is 25.3 Å². The third kappa shape index (κ3) is 4.69. The quantitative estimate of drug-likeness (QED) is 0.510. The summed E-state index contributed by atoms with van der Waals surface area (Å²) in [6.45, 7) is 0.462. The molecule has 1 N–H and O–H groups in total. The Morgan fingerprint density at radius 3 is 2.37 bits per heavy atom. The maximum atomic E-state index is 13.4. The van der Waals surface area contributed by atoms with Gasteiger partial charge in [-0.15, -0.1) is 5.10 Å². The number of amides is 1. The molecule has 0 aliphatic heterocycles. The lowest BCUT2D eigenvalue weighted by Crippen LogP contribution is -2.29. The van der Waals surface area contributed by atoms with Crippen LogP contribution in [0.5, 0.6) is 0 Å². The number of aromatic nitrogens is 4. The zero-order chi connectivity index (χ0) is 20.9. The predicted octanol–water partition coefficient (Wildman–Crippen LogP) is 4.03. The van der Waals surface area contributed by atoms with Gasteiger partial charge in [-0.1, -0.05) is 41.1 Å². The Labute approximate surface area is 177 Å². The lowest BCUT2D eigenvalue weighted by atomic mass is 9.99. The van der Waals surface area contributed by atoms with Gasteiger partial charge in [-0.2, -0.15) is 0 Å². The van der Waals surface area contributed by atoms with E-state index in [4.69, 9.17) is 11.6 Å². The van der Waals surface area contributed by atoms with Crippen LogP contribution >= 0.6 is 11.6 Å². The lowest BCUT2D eigenvalue weighted by molar-refractivity contribution is 0.0938. The Balaban J connectivity index is 1.53. The molecule has 0 saturated heterocycles. The normalized spacial score (nSPS) is 11.8. The highest BCUT2D eigenvalue weighted by atomic mass is 35.5. The summed E-state index contributed by atoms with van der Waals surface area (Å²) in [4.78, 5) is 16.9. The minimum atomic E-state index is -0.484. The van der Waals surface area contributed by atoms with Crippen LogP contribution in [0, 0.1) is 5.82 Å². The van der Waals surface area contributed by atoms with Gasteiger partial charge in [0.1, 0.15) is 5.82 Å². The lowest BCUT2D eigenvalue weighted by Gasteiger charge is -2.19. The van der Waals surface area contributed by atoms with Gasteiger partial charge in [-0.25, -0.2) is 9.07 Å². The number of carbonyl (C=O) groups is 1. The van der Waals surface area contributed by atoms with E-state index in [1.165, 1.54) is 12.1 Å². The average Bonchev–Trinajstić information content (AvgIpc) is 3.24. The van der Waals surface area contributed by atoms with Gasteiger partial charge in [-0.3, -0.25) is 9.78 Å². The maximum absolute atomic E-state index is 13.4. The first-order chi connectivity index (χ1) is 14.6. The van der Waals surface area contributed by atoms with Crippen LogP contribution in [0.25, 0.3) is 0 Å². The van der Waals surface area contributed by atoms with Crippen molar-refractivity contribution in [3.05, 3.63) is 112 Å². The second-order valence-corrected chi connectivity index (χ2v) is 7.10. The smallest absolute Gasteiger partial charge is 0.274 e. The first kappa shape index (κ1) is 19.7. The molecule has 0 aliphatic carbocycles. The molecule has 0 radical (unpaired) electrons. The molecule has 1 atom stereocenters. The van der Waals surface area contributed by atoms with Crippen LogP contribution in [0.2, 0.25) is 5.02 Å². The molecule has 30 heavy (non-hydrogen) atoms. The second-order valence-electron chi connectivity index (χ2n) is 6.67. The Hall–Kier alpha value is -3.58. The van der Waals surface area contributed by atoms with E-state index in [0.717, 1.165) is 16.7 Å². The van der Waals surface area contributed by atoms with E-state index in [1.807, 2.05) is 12.1 Å². The summed E-state index contributed by atoms with van der Waals surface area (Å²) in [6, 6.07) is 16.5. The van der Waals surface area contributed by atoms with Crippen LogP contribution in [0.4, 0.5) is 4.39 Å². The molecule has 0 aliphatic rings. The molecule has 0 spiro atoms. The summed E-state index contributed by atoms with van der Waals surface area (Å²) in [7, 11) is 0. The van der Waals surface area contributed by atoms with Crippen LogP contribution in [0.15, 0.2) is 79.3 Å². The zero-order valence-electron chi connectivity index (χ0n) is 15.7. The van der Waals surface area contributed by atoms with Crippen LogP contribution < -0.4 is 5.32 Å². The van der Waals surface area contributed by atoms with E-state index >= 15 is 0 Å². The Bertz CT molecular complexity index is 1130. The molecule has 4 rings (SSSR count). The molecule has 2 aromatic carbocycles. The maximum Gasteiger partial charge on any atom is 0.274 e. The number of nitrogens with zero attached hydrogens (tertiary/aromatic N) is 4. The van der Waals surface area contributed by atoms with Gasteiger partial charge >= 0.3 is 0 Å². The second kappa shape index (κ2) is 8.84. The van der Waals surface area contributed by atoms with Crippen molar-refractivity contribution < 1.29 is 9.18 Å². The molecule has 0 fully saturated rings. The summed E-state index contributed by atoms with van der Waals surface area (Å²) in [5.74, 6) is -0.729. The zero-order valence-corrected chi connectivity index (χ0v) is 16.5. The standard InChI is InChI=1S/C22H17ClFN5O/c23-18-5-1-15(2-6-18)13-29-14-20(27-28-29)22(30)26-21(17-9-11-25-12-10-17)16-3-7-19(24)8-4-16/h1-12,14,21H,13H2,(H,26,30)/t21-/m1/s1. The van der Waals surface area contributed by atoms with E-state index in [9.17, 15) is 9.18 Å². The largest absolute Gasteiger partial charge is 0.340 e. The third-order valence-electron chi connectivity index (χ3n) is 4.55. The number of pyridine rings is 1. The Morgan fingerprint density at radius 2 is 1.67 bits per heavy atom. The summed E-state index contributed by atoms with van der Waals surface area (Å²) in [5.41, 5.74) is 2.73. The summed E-state index contributed by atoms with van der Waals surface area (Å²) < 4.78 is 14.9. The molecule has 150 valence electrons. The predicted molar refractivity (Wildman–Crippen MR) is 111 cm³/mol. The first-order valence-corrected chi connectivity index (χ1v) is 9.57. The number of rotatable bonds is 6. The highest BCUT2D eigenvalue weighted by Crippen LogP contribution is 2.22. The van der Waals surface area contributed by atoms with E-state index in [2.05, 4.69) is 20.6 Å². The number of carbonyl (C=O) groups excluding carboxylic acids is 1. The first-order valence-electron chi connectivity index (χ1n) is 9.19. The van der Waals surface area contributed by atoms with Crippen LogP contribution in [0.3, 0.4) is 0 Å². The molecule has 2 heterocycles. The van der Waals surface area contributed by atoms with Crippen molar-refractivity contribution in [1.29, 1.82) is 0 Å². The topological polar surface area (TPSA) is 72.7 Å². The molecular formula is C22H17ClFN5O. The Morgan fingerprint density at radius 1 is 1.00 bits per heavy atom. The highest BCUT2D eigenvalue weighted by molar-refractivity contribution is 6.30. The number of hydrogen-bond acceptors (Lipinski definition) is 4. The minimum Gasteiger partial charge on any atom is -0.340 e. The van der Waals surface area contributed by atoms with Crippen LogP contribution in [-0.2, 0) is 6.54 Å². The fourth-order valence-electron chi connectivity index (χ4n) is 3.03. The molecule has 4 aromatic rings. The van der Waals surface area contributed by atoms with Gasteiger partial charge in [0.2, 0.25) is 0 Å². The molecule has 8 heteroatoms. The van der Waals surface area contributed by atoms with Gasteiger partial charge in [0, 0.05) is 17.4 Å². The minimum absolute atomic E-state index is 0.185. The molecule has 0 saturated carbocycles. The fourth-order valence-corrected chi connectivity index (χ4v) is 3.16. The van der Waals surface area contributed by atoms with E-state index < -0.39 is 6.04 Å². The number of halogens is 2. The Kier molecular flexibility index (Phi) is 5.81.